The Morgan fingerprint density at radius 2 is 2.12 bits per heavy atom. The number of carbonyl (C=O) groups is 1. The van der Waals surface area contributed by atoms with Crippen molar-refractivity contribution in [1.82, 2.24) is 5.01 Å². The van der Waals surface area contributed by atoms with Crippen molar-refractivity contribution >= 4 is 40.4 Å². The van der Waals surface area contributed by atoms with Crippen molar-refractivity contribution in [3.63, 3.8) is 0 Å². The van der Waals surface area contributed by atoms with Gasteiger partial charge in [0.25, 0.3) is 0 Å². The monoisotopic (exact) mass is 364 g/mol. The first-order valence-electron chi connectivity index (χ1n) is 8.61. The standard InChI is InChI=1S/C20H20N4OS/c1-13-7-8-16(14(2)11-13)22-19(25)12-26-20-23-17-6-4-3-5-15(17)18-9-10-21-24(18)20/h3-8,10-11,18H,9,12H2,1-2H3,(H,22,25)/t18-/m0/s1. The topological polar surface area (TPSA) is 57.1 Å². The van der Waals surface area contributed by atoms with Crippen LogP contribution in [0.1, 0.15) is 29.2 Å². The molecule has 0 aromatic heterocycles. The third-order valence-electron chi connectivity index (χ3n) is 4.53. The quantitative estimate of drug-likeness (QED) is 0.878. The fourth-order valence-electron chi connectivity index (χ4n) is 3.25. The molecular formula is C20H20N4OS. The Hall–Kier alpha value is -2.60. The largest absolute Gasteiger partial charge is 0.325 e. The molecule has 132 valence electrons. The van der Waals surface area contributed by atoms with Gasteiger partial charge in [-0.2, -0.15) is 5.10 Å². The maximum atomic E-state index is 12.4. The number of hydrogen-bond acceptors (Lipinski definition) is 5. The Labute approximate surface area is 157 Å². The predicted molar refractivity (Wildman–Crippen MR) is 108 cm³/mol. The van der Waals surface area contributed by atoms with Crippen molar-refractivity contribution in [3.8, 4) is 0 Å². The molecule has 0 bridgehead atoms. The summed E-state index contributed by atoms with van der Waals surface area (Å²) in [5.41, 5.74) is 5.26. The number of rotatable bonds is 3. The van der Waals surface area contributed by atoms with E-state index in [1.807, 2.05) is 55.4 Å². The highest BCUT2D eigenvalue weighted by Crippen LogP contribution is 2.40. The molecule has 2 aliphatic heterocycles. The van der Waals surface area contributed by atoms with Crippen LogP contribution in [0.25, 0.3) is 0 Å². The van der Waals surface area contributed by atoms with Crippen LogP contribution in [-0.2, 0) is 4.79 Å². The Balaban J connectivity index is 1.46. The number of aryl methyl sites for hydroxylation is 2. The molecule has 2 aliphatic rings. The van der Waals surface area contributed by atoms with Crippen molar-refractivity contribution in [1.29, 1.82) is 0 Å². The molecule has 4 rings (SSSR count). The zero-order valence-corrected chi connectivity index (χ0v) is 15.6. The third-order valence-corrected chi connectivity index (χ3v) is 5.47. The number of aliphatic imine (C=N–C) groups is 1. The molecule has 1 atom stereocenters. The number of amidine groups is 1. The van der Waals surface area contributed by atoms with E-state index in [-0.39, 0.29) is 11.9 Å². The summed E-state index contributed by atoms with van der Waals surface area (Å²) in [6.07, 6.45) is 2.78. The van der Waals surface area contributed by atoms with E-state index < -0.39 is 0 Å². The van der Waals surface area contributed by atoms with E-state index in [1.165, 1.54) is 22.9 Å². The Bertz CT molecular complexity index is 922. The highest BCUT2D eigenvalue weighted by atomic mass is 32.2. The van der Waals surface area contributed by atoms with Crippen LogP contribution >= 0.6 is 11.8 Å². The smallest absolute Gasteiger partial charge is 0.234 e. The van der Waals surface area contributed by atoms with Gasteiger partial charge in [-0.25, -0.2) is 10.0 Å². The zero-order chi connectivity index (χ0) is 18.1. The van der Waals surface area contributed by atoms with Gasteiger partial charge >= 0.3 is 0 Å². The van der Waals surface area contributed by atoms with Crippen LogP contribution in [0.4, 0.5) is 11.4 Å². The summed E-state index contributed by atoms with van der Waals surface area (Å²) < 4.78 is 0. The van der Waals surface area contributed by atoms with E-state index >= 15 is 0 Å². The van der Waals surface area contributed by atoms with Crippen molar-refractivity contribution in [2.45, 2.75) is 26.3 Å². The lowest BCUT2D eigenvalue weighted by Gasteiger charge is -2.29. The summed E-state index contributed by atoms with van der Waals surface area (Å²) in [6.45, 7) is 4.04. The fourth-order valence-corrected chi connectivity index (χ4v) is 4.05. The molecule has 0 saturated heterocycles. The SMILES string of the molecule is Cc1ccc(NC(=O)CSC2=Nc3ccccc3[C@@H]3CC=NN23)c(C)c1. The molecule has 2 heterocycles. The first kappa shape index (κ1) is 16.8. The van der Waals surface area contributed by atoms with Gasteiger partial charge in [-0.3, -0.25) is 4.79 Å². The van der Waals surface area contributed by atoms with Crippen LogP contribution in [0, 0.1) is 13.8 Å². The number of hydrogen-bond donors (Lipinski definition) is 1. The molecule has 1 N–H and O–H groups in total. The number of nitrogens with zero attached hydrogens (tertiary/aromatic N) is 3. The molecule has 0 saturated carbocycles. The second-order valence-electron chi connectivity index (χ2n) is 6.50. The summed E-state index contributed by atoms with van der Waals surface area (Å²) in [4.78, 5) is 17.1. The molecule has 5 nitrogen and oxygen atoms in total. The highest BCUT2D eigenvalue weighted by Gasteiger charge is 2.32. The average molecular weight is 364 g/mol. The third kappa shape index (κ3) is 3.24. The minimum absolute atomic E-state index is 0.0387. The van der Waals surface area contributed by atoms with E-state index in [2.05, 4.69) is 22.6 Å². The first-order chi connectivity index (χ1) is 12.6. The van der Waals surface area contributed by atoms with Crippen LogP contribution in [0.15, 0.2) is 52.6 Å². The average Bonchev–Trinajstić information content (AvgIpc) is 3.12. The number of fused-ring (bicyclic) bond motifs is 3. The fraction of sp³-hybridized carbons (Fsp3) is 0.250. The maximum absolute atomic E-state index is 12.4. The van der Waals surface area contributed by atoms with Gasteiger partial charge in [-0.1, -0.05) is 47.7 Å². The van der Waals surface area contributed by atoms with E-state index in [9.17, 15) is 4.79 Å². The molecule has 6 heteroatoms. The van der Waals surface area contributed by atoms with E-state index in [1.54, 1.807) is 0 Å². The second kappa shape index (κ2) is 6.96. The lowest BCUT2D eigenvalue weighted by molar-refractivity contribution is -0.113. The summed E-state index contributed by atoms with van der Waals surface area (Å²) >= 11 is 1.42. The minimum Gasteiger partial charge on any atom is -0.325 e. The number of amides is 1. The number of para-hydroxylation sites is 1. The van der Waals surface area contributed by atoms with Gasteiger partial charge in [0, 0.05) is 23.9 Å². The molecule has 0 radical (unpaired) electrons. The molecule has 26 heavy (non-hydrogen) atoms. The summed E-state index contributed by atoms with van der Waals surface area (Å²) in [5, 5.41) is 10.1. The highest BCUT2D eigenvalue weighted by molar-refractivity contribution is 8.14. The molecular weight excluding hydrogens is 344 g/mol. The van der Waals surface area contributed by atoms with Crippen molar-refractivity contribution in [2.24, 2.45) is 10.1 Å². The van der Waals surface area contributed by atoms with Gasteiger partial charge in [0.2, 0.25) is 5.91 Å². The lowest BCUT2D eigenvalue weighted by atomic mass is 10.0. The van der Waals surface area contributed by atoms with Crippen LogP contribution in [0.3, 0.4) is 0 Å². The van der Waals surface area contributed by atoms with Gasteiger partial charge in [0.15, 0.2) is 5.17 Å². The maximum Gasteiger partial charge on any atom is 0.234 e. The van der Waals surface area contributed by atoms with Gasteiger partial charge in [-0.15, -0.1) is 0 Å². The van der Waals surface area contributed by atoms with Crippen LogP contribution < -0.4 is 5.32 Å². The summed E-state index contributed by atoms with van der Waals surface area (Å²) in [7, 11) is 0. The molecule has 2 aromatic carbocycles. The summed E-state index contributed by atoms with van der Waals surface area (Å²) in [6, 6.07) is 14.3. The summed E-state index contributed by atoms with van der Waals surface area (Å²) in [5.74, 6) is 0.260. The Morgan fingerprint density at radius 3 is 2.96 bits per heavy atom. The molecule has 0 spiro atoms. The van der Waals surface area contributed by atoms with Gasteiger partial charge < -0.3 is 5.32 Å². The molecule has 0 unspecified atom stereocenters. The van der Waals surface area contributed by atoms with Crippen LogP contribution in [0.2, 0.25) is 0 Å². The van der Waals surface area contributed by atoms with Gasteiger partial charge in [-0.05, 0) is 31.5 Å². The normalized spacial score (nSPS) is 17.5. The minimum atomic E-state index is -0.0387. The number of thioether (sulfide) groups is 1. The first-order valence-corrected chi connectivity index (χ1v) is 9.59. The Kier molecular flexibility index (Phi) is 4.51. The van der Waals surface area contributed by atoms with Gasteiger partial charge in [0.1, 0.15) is 0 Å². The number of benzene rings is 2. The predicted octanol–water partition coefficient (Wildman–Crippen LogP) is 4.41. The molecule has 2 aromatic rings. The van der Waals surface area contributed by atoms with Crippen LogP contribution in [0.5, 0.6) is 0 Å². The van der Waals surface area contributed by atoms with Crippen molar-refractivity contribution in [3.05, 3.63) is 59.2 Å². The van der Waals surface area contributed by atoms with Crippen molar-refractivity contribution < 1.29 is 4.79 Å². The van der Waals surface area contributed by atoms with E-state index in [0.717, 1.165) is 28.5 Å². The molecule has 0 aliphatic carbocycles. The lowest BCUT2D eigenvalue weighted by Crippen LogP contribution is -2.29. The van der Waals surface area contributed by atoms with Crippen molar-refractivity contribution in [2.75, 3.05) is 11.1 Å². The Morgan fingerprint density at radius 1 is 1.27 bits per heavy atom. The molecule has 1 amide bonds. The van der Waals surface area contributed by atoms with Crippen LogP contribution in [-0.4, -0.2) is 28.1 Å². The number of carbonyl (C=O) groups excluding carboxylic acids is 1. The second-order valence-corrected chi connectivity index (χ2v) is 7.45. The number of nitrogens with one attached hydrogen (secondary N) is 1. The number of hydrazone groups is 1. The zero-order valence-electron chi connectivity index (χ0n) is 14.8. The van der Waals surface area contributed by atoms with E-state index in [4.69, 9.17) is 4.99 Å². The van der Waals surface area contributed by atoms with E-state index in [0.29, 0.717) is 5.75 Å². The van der Waals surface area contributed by atoms with Gasteiger partial charge in [0.05, 0.1) is 17.5 Å². The number of anilines is 1. The molecule has 0 fully saturated rings.